The van der Waals surface area contributed by atoms with Crippen molar-refractivity contribution in [3.05, 3.63) is 98.9 Å². The van der Waals surface area contributed by atoms with Gasteiger partial charge in [0.25, 0.3) is 11.2 Å². The summed E-state index contributed by atoms with van der Waals surface area (Å²) in [7, 11) is 0. The van der Waals surface area contributed by atoms with Gasteiger partial charge in [0.05, 0.1) is 18.7 Å². The average molecular weight is 386 g/mol. The molecule has 3 aromatic rings. The van der Waals surface area contributed by atoms with Crippen molar-refractivity contribution in [1.82, 2.24) is 4.57 Å². The number of aromatic nitrogens is 1. The molecule has 1 heterocycles. The number of rotatable bonds is 3. The molecule has 0 radical (unpaired) electrons. The third-order valence-corrected chi connectivity index (χ3v) is 4.24. The fraction of sp³-hybridized carbons (Fsp3) is 0.143. The average Bonchev–Trinajstić information content (AvgIpc) is 2.62. The Morgan fingerprint density at radius 3 is 2.39 bits per heavy atom. The molecule has 0 bridgehead atoms. The Hall–Kier alpha value is -3.40. The van der Waals surface area contributed by atoms with Gasteiger partial charge in [-0.1, -0.05) is 35.9 Å². The normalized spacial score (nSPS) is 11.3. The van der Waals surface area contributed by atoms with Gasteiger partial charge in [0.15, 0.2) is 0 Å². The summed E-state index contributed by atoms with van der Waals surface area (Å²) < 4.78 is 55.0. The fourth-order valence-electron chi connectivity index (χ4n) is 2.98. The third-order valence-electron chi connectivity index (χ3n) is 4.24. The van der Waals surface area contributed by atoms with E-state index in [0.717, 1.165) is 16.2 Å². The summed E-state index contributed by atoms with van der Waals surface area (Å²) in [5.74, 6) is -0.528. The number of benzene rings is 2. The zero-order valence-electron chi connectivity index (χ0n) is 14.7. The van der Waals surface area contributed by atoms with Crippen LogP contribution in [0.15, 0.2) is 59.4 Å². The molecule has 0 aliphatic carbocycles. The summed E-state index contributed by atoms with van der Waals surface area (Å²) >= 11 is 0. The molecule has 142 valence electrons. The van der Waals surface area contributed by atoms with Crippen LogP contribution in [0.4, 0.5) is 23.2 Å². The monoisotopic (exact) mass is 386 g/mol. The summed E-state index contributed by atoms with van der Waals surface area (Å²) in [6, 6.07) is 12.9. The largest absolute Gasteiger partial charge is 0.407 e. The van der Waals surface area contributed by atoms with Crippen LogP contribution in [0.2, 0.25) is 0 Å². The van der Waals surface area contributed by atoms with Crippen LogP contribution in [0.3, 0.4) is 0 Å². The molecular weight excluding hydrogens is 372 g/mol. The molecule has 7 heteroatoms. The highest BCUT2D eigenvalue weighted by Gasteiger charge is 2.36. The standard InChI is InChI=1S/C21H14F4N2O/c1-13-5-3-7-15(9-13)18-11-17(21(23,24)25)19(26-2)20(28)27(18)12-14-6-4-8-16(22)10-14/h3-11H,12H2,1H3. The van der Waals surface area contributed by atoms with E-state index in [1.165, 1.54) is 18.2 Å². The van der Waals surface area contributed by atoms with Gasteiger partial charge in [0.1, 0.15) is 5.82 Å². The SMILES string of the molecule is [C-]#[N+]c1c(C(F)(F)F)cc(-c2cccc(C)c2)n(Cc2cccc(F)c2)c1=O. The first kappa shape index (κ1) is 19.4. The van der Waals surface area contributed by atoms with Crippen LogP contribution in [-0.4, -0.2) is 4.57 Å². The molecule has 3 nitrogen and oxygen atoms in total. The number of halogens is 4. The highest BCUT2D eigenvalue weighted by Crippen LogP contribution is 2.37. The maximum atomic E-state index is 13.5. The van der Waals surface area contributed by atoms with Gasteiger partial charge in [-0.25, -0.2) is 9.24 Å². The van der Waals surface area contributed by atoms with Gasteiger partial charge < -0.3 is 4.57 Å². The molecule has 0 aliphatic heterocycles. The minimum atomic E-state index is -4.85. The van der Waals surface area contributed by atoms with E-state index in [-0.39, 0.29) is 12.2 Å². The second-order valence-corrected chi connectivity index (χ2v) is 6.29. The number of aryl methyl sites for hydroxylation is 1. The van der Waals surface area contributed by atoms with Gasteiger partial charge in [-0.3, -0.25) is 4.79 Å². The summed E-state index contributed by atoms with van der Waals surface area (Å²) in [5, 5.41) is 0. The molecule has 0 spiro atoms. The Labute approximate surface area is 158 Å². The van der Waals surface area contributed by atoms with Crippen molar-refractivity contribution in [2.45, 2.75) is 19.6 Å². The molecule has 0 aliphatic rings. The minimum absolute atomic E-state index is 0.0117. The topological polar surface area (TPSA) is 26.4 Å². The number of alkyl halides is 3. The number of hydrogen-bond acceptors (Lipinski definition) is 1. The maximum Gasteiger partial charge on any atom is 0.407 e. The molecule has 2 aromatic carbocycles. The van der Waals surface area contributed by atoms with Crippen LogP contribution in [0.25, 0.3) is 16.1 Å². The van der Waals surface area contributed by atoms with Crippen molar-refractivity contribution >= 4 is 5.69 Å². The Bertz CT molecular complexity index is 1140. The van der Waals surface area contributed by atoms with E-state index in [4.69, 9.17) is 6.57 Å². The number of pyridine rings is 1. The van der Waals surface area contributed by atoms with Crippen LogP contribution in [0.5, 0.6) is 0 Å². The van der Waals surface area contributed by atoms with E-state index in [1.807, 2.05) is 0 Å². The summed E-state index contributed by atoms with van der Waals surface area (Å²) in [6.07, 6.45) is -4.85. The zero-order chi connectivity index (χ0) is 20.5. The van der Waals surface area contributed by atoms with Crippen molar-refractivity contribution in [3.63, 3.8) is 0 Å². The molecule has 0 N–H and O–H groups in total. The molecule has 0 amide bonds. The van der Waals surface area contributed by atoms with Crippen LogP contribution in [0, 0.1) is 19.3 Å². The molecule has 3 rings (SSSR count). The van der Waals surface area contributed by atoms with E-state index in [0.29, 0.717) is 11.1 Å². The predicted molar refractivity (Wildman–Crippen MR) is 97.6 cm³/mol. The second kappa shape index (κ2) is 7.31. The molecule has 0 atom stereocenters. The van der Waals surface area contributed by atoms with Crippen LogP contribution >= 0.6 is 0 Å². The second-order valence-electron chi connectivity index (χ2n) is 6.29. The lowest BCUT2D eigenvalue weighted by Crippen LogP contribution is -2.25. The van der Waals surface area contributed by atoms with Crippen LogP contribution < -0.4 is 5.56 Å². The predicted octanol–water partition coefficient (Wildman–Crippen LogP) is 5.58. The molecule has 1 aromatic heterocycles. The quantitative estimate of drug-likeness (QED) is 0.426. The summed E-state index contributed by atoms with van der Waals surface area (Å²) in [6.45, 7) is 8.69. The van der Waals surface area contributed by atoms with E-state index in [9.17, 15) is 22.4 Å². The van der Waals surface area contributed by atoms with E-state index >= 15 is 0 Å². The number of hydrogen-bond donors (Lipinski definition) is 0. The lowest BCUT2D eigenvalue weighted by Gasteiger charge is -2.18. The van der Waals surface area contributed by atoms with Crippen molar-refractivity contribution in [1.29, 1.82) is 0 Å². The summed E-state index contributed by atoms with van der Waals surface area (Å²) in [4.78, 5) is 15.6. The van der Waals surface area contributed by atoms with Crippen LogP contribution in [-0.2, 0) is 12.7 Å². The van der Waals surface area contributed by atoms with Crippen LogP contribution in [0.1, 0.15) is 16.7 Å². The van der Waals surface area contributed by atoms with Gasteiger partial charge >= 0.3 is 6.18 Å². The molecule has 0 saturated heterocycles. The van der Waals surface area contributed by atoms with Gasteiger partial charge in [-0.15, -0.1) is 0 Å². The first-order valence-corrected chi connectivity index (χ1v) is 8.24. The highest BCUT2D eigenvalue weighted by molar-refractivity contribution is 5.66. The maximum absolute atomic E-state index is 13.5. The number of nitrogens with zero attached hydrogens (tertiary/aromatic N) is 2. The highest BCUT2D eigenvalue weighted by atomic mass is 19.4. The van der Waals surface area contributed by atoms with Gasteiger partial charge in [0, 0.05) is 5.69 Å². The smallest absolute Gasteiger partial charge is 0.313 e. The first-order valence-electron chi connectivity index (χ1n) is 8.24. The van der Waals surface area contributed by atoms with Crippen molar-refractivity contribution in [2.24, 2.45) is 0 Å². The van der Waals surface area contributed by atoms with E-state index < -0.39 is 28.8 Å². The molecule has 0 unspecified atom stereocenters. The lowest BCUT2D eigenvalue weighted by atomic mass is 10.0. The van der Waals surface area contributed by atoms with Gasteiger partial charge in [-0.05, 0) is 42.3 Å². The van der Waals surface area contributed by atoms with Crippen molar-refractivity contribution < 1.29 is 17.6 Å². The molecule has 0 fully saturated rings. The summed E-state index contributed by atoms with van der Waals surface area (Å²) in [5.41, 5.74) is -1.74. The minimum Gasteiger partial charge on any atom is -0.313 e. The van der Waals surface area contributed by atoms with Gasteiger partial charge in [-0.2, -0.15) is 13.2 Å². The van der Waals surface area contributed by atoms with E-state index in [1.54, 1.807) is 37.3 Å². The lowest BCUT2D eigenvalue weighted by molar-refractivity contribution is -0.136. The molecular formula is C21H14F4N2O. The Kier molecular flexibility index (Phi) is 5.06. The zero-order valence-corrected chi connectivity index (χ0v) is 14.7. The van der Waals surface area contributed by atoms with Crippen molar-refractivity contribution in [3.8, 4) is 11.3 Å². The van der Waals surface area contributed by atoms with Gasteiger partial charge in [0.2, 0.25) is 0 Å². The Morgan fingerprint density at radius 1 is 1.07 bits per heavy atom. The molecule has 28 heavy (non-hydrogen) atoms. The Balaban J connectivity index is 2.32. The Morgan fingerprint density at radius 2 is 1.79 bits per heavy atom. The molecule has 0 saturated carbocycles. The van der Waals surface area contributed by atoms with Crippen molar-refractivity contribution in [2.75, 3.05) is 0 Å². The first-order chi connectivity index (χ1) is 13.2. The third kappa shape index (κ3) is 3.81. The van der Waals surface area contributed by atoms with E-state index in [2.05, 4.69) is 4.85 Å². The fourth-order valence-corrected chi connectivity index (χ4v) is 2.98.